The average molecular weight is 271 g/mol. The summed E-state index contributed by atoms with van der Waals surface area (Å²) >= 11 is 1.56. The maximum absolute atomic E-state index is 11.9. The topological polar surface area (TPSA) is 48.4 Å². The maximum Gasteiger partial charge on any atom is 0.317 e. The summed E-state index contributed by atoms with van der Waals surface area (Å²) in [4.78, 5) is 16.3. The lowest BCUT2D eigenvalue weighted by Crippen LogP contribution is -2.31. The van der Waals surface area contributed by atoms with Gasteiger partial charge in [-0.05, 0) is 27.7 Å². The molecule has 1 heterocycles. The predicted molar refractivity (Wildman–Crippen MR) is 72.0 cm³/mol. The van der Waals surface area contributed by atoms with Crippen LogP contribution in [0.5, 0.6) is 0 Å². The zero-order chi connectivity index (χ0) is 13.6. The third kappa shape index (κ3) is 3.78. The number of carbonyl (C=O) groups is 1. The molecule has 1 rings (SSSR count). The smallest absolute Gasteiger partial charge is 0.317 e. The van der Waals surface area contributed by atoms with Gasteiger partial charge in [-0.3, -0.25) is 4.79 Å². The molecule has 0 N–H and O–H groups in total. The van der Waals surface area contributed by atoms with Crippen LogP contribution in [-0.2, 0) is 26.1 Å². The average Bonchev–Trinajstić information content (AvgIpc) is 2.79. The minimum atomic E-state index is -0.684. The van der Waals surface area contributed by atoms with Gasteiger partial charge < -0.3 is 9.47 Å². The first-order chi connectivity index (χ1) is 8.52. The quantitative estimate of drug-likeness (QED) is 0.565. The number of ether oxygens (including phenoxy) is 2. The van der Waals surface area contributed by atoms with Gasteiger partial charge in [-0.15, -0.1) is 11.3 Å². The molecule has 4 nitrogen and oxygen atoms in total. The van der Waals surface area contributed by atoms with E-state index < -0.39 is 5.41 Å². The highest BCUT2D eigenvalue weighted by Crippen LogP contribution is 2.26. The van der Waals surface area contributed by atoms with Crippen LogP contribution in [0.1, 0.15) is 38.4 Å². The number of hydrogen-bond donors (Lipinski definition) is 0. The second-order valence-corrected chi connectivity index (χ2v) is 5.36. The lowest BCUT2D eigenvalue weighted by molar-refractivity contribution is -0.148. The van der Waals surface area contributed by atoms with Gasteiger partial charge in [0.1, 0.15) is 5.41 Å². The molecule has 0 spiro atoms. The lowest BCUT2D eigenvalue weighted by atomic mass is 9.90. The van der Waals surface area contributed by atoms with E-state index in [1.54, 1.807) is 11.3 Å². The number of rotatable bonds is 7. The first kappa shape index (κ1) is 15.1. The molecule has 0 fully saturated rings. The highest BCUT2D eigenvalue weighted by Gasteiger charge is 2.33. The normalized spacial score (nSPS) is 11.6. The summed E-state index contributed by atoms with van der Waals surface area (Å²) in [6, 6.07) is 0. The number of aromatic nitrogens is 1. The molecule has 0 aliphatic carbocycles. The van der Waals surface area contributed by atoms with Gasteiger partial charge in [0.15, 0.2) is 0 Å². The molecule has 1 aromatic heterocycles. The fourth-order valence-corrected chi connectivity index (χ4v) is 2.38. The SMILES string of the molecule is CCOCCc1nc(C(C)(C)C(=O)OCC)cs1. The maximum atomic E-state index is 11.9. The first-order valence-electron chi connectivity index (χ1n) is 6.22. The first-order valence-corrected chi connectivity index (χ1v) is 7.10. The van der Waals surface area contributed by atoms with Crippen molar-refractivity contribution in [3.63, 3.8) is 0 Å². The minimum Gasteiger partial charge on any atom is -0.465 e. The second kappa shape index (κ2) is 6.85. The van der Waals surface area contributed by atoms with Crippen LogP contribution in [0.25, 0.3) is 0 Å². The summed E-state index contributed by atoms with van der Waals surface area (Å²) in [5.41, 5.74) is 0.0913. The molecule has 18 heavy (non-hydrogen) atoms. The Hall–Kier alpha value is -0.940. The van der Waals surface area contributed by atoms with Crippen LogP contribution in [-0.4, -0.2) is 30.8 Å². The van der Waals surface area contributed by atoms with Gasteiger partial charge in [0.2, 0.25) is 0 Å². The van der Waals surface area contributed by atoms with E-state index in [0.717, 1.165) is 17.1 Å². The molecule has 0 bridgehead atoms. The van der Waals surface area contributed by atoms with Crippen molar-refractivity contribution in [2.75, 3.05) is 19.8 Å². The Labute approximate surface area is 112 Å². The Morgan fingerprint density at radius 1 is 1.39 bits per heavy atom. The van der Waals surface area contributed by atoms with Crippen molar-refractivity contribution in [3.8, 4) is 0 Å². The molecule has 0 aliphatic heterocycles. The molecule has 0 saturated carbocycles. The second-order valence-electron chi connectivity index (χ2n) is 4.42. The predicted octanol–water partition coefficient (Wildman–Crippen LogP) is 2.56. The lowest BCUT2D eigenvalue weighted by Gasteiger charge is -2.19. The zero-order valence-electron chi connectivity index (χ0n) is 11.5. The molecular weight excluding hydrogens is 250 g/mol. The summed E-state index contributed by atoms with van der Waals surface area (Å²) in [5.74, 6) is -0.230. The molecule has 5 heteroatoms. The van der Waals surface area contributed by atoms with Gasteiger partial charge >= 0.3 is 5.97 Å². The highest BCUT2D eigenvalue weighted by atomic mass is 32.1. The Kier molecular flexibility index (Phi) is 5.75. The van der Waals surface area contributed by atoms with E-state index in [0.29, 0.717) is 19.8 Å². The van der Waals surface area contributed by atoms with Gasteiger partial charge in [0, 0.05) is 18.4 Å². The van der Waals surface area contributed by atoms with Crippen molar-refractivity contribution in [1.82, 2.24) is 4.98 Å². The van der Waals surface area contributed by atoms with Gasteiger partial charge in [0.25, 0.3) is 0 Å². The molecule has 0 aromatic carbocycles. The van der Waals surface area contributed by atoms with Gasteiger partial charge in [0.05, 0.1) is 23.9 Å². The number of esters is 1. The number of thiazole rings is 1. The van der Waals surface area contributed by atoms with E-state index in [1.165, 1.54) is 0 Å². The van der Waals surface area contributed by atoms with Crippen molar-refractivity contribution in [2.45, 2.75) is 39.5 Å². The Bertz CT molecular complexity index is 387. The monoisotopic (exact) mass is 271 g/mol. The van der Waals surface area contributed by atoms with Crippen molar-refractivity contribution in [2.24, 2.45) is 0 Å². The van der Waals surface area contributed by atoms with E-state index in [1.807, 2.05) is 33.1 Å². The van der Waals surface area contributed by atoms with Crippen molar-refractivity contribution < 1.29 is 14.3 Å². The van der Waals surface area contributed by atoms with Crippen molar-refractivity contribution >= 4 is 17.3 Å². The molecule has 1 aromatic rings. The van der Waals surface area contributed by atoms with Crippen LogP contribution in [0.4, 0.5) is 0 Å². The molecule has 0 saturated heterocycles. The molecule has 102 valence electrons. The van der Waals surface area contributed by atoms with Gasteiger partial charge in [-0.1, -0.05) is 0 Å². The number of carbonyl (C=O) groups excluding carboxylic acids is 1. The third-order valence-electron chi connectivity index (χ3n) is 2.64. The fraction of sp³-hybridized carbons (Fsp3) is 0.692. The molecule has 0 amide bonds. The summed E-state index contributed by atoms with van der Waals surface area (Å²) in [7, 11) is 0. The Balaban J connectivity index is 2.68. The largest absolute Gasteiger partial charge is 0.465 e. The van der Waals surface area contributed by atoms with E-state index in [4.69, 9.17) is 9.47 Å². The standard InChI is InChI=1S/C13H21NO3S/c1-5-16-8-7-11-14-10(9-18-11)13(3,4)12(15)17-6-2/h9H,5-8H2,1-4H3. The molecular formula is C13H21NO3S. The molecule has 0 radical (unpaired) electrons. The zero-order valence-corrected chi connectivity index (χ0v) is 12.3. The van der Waals surface area contributed by atoms with E-state index in [2.05, 4.69) is 4.98 Å². The van der Waals surface area contributed by atoms with Crippen LogP contribution in [0, 0.1) is 0 Å². The molecule has 0 aliphatic rings. The van der Waals surface area contributed by atoms with Crippen LogP contribution in [0.3, 0.4) is 0 Å². The van der Waals surface area contributed by atoms with Crippen molar-refractivity contribution in [3.05, 3.63) is 16.1 Å². The summed E-state index contributed by atoms with van der Waals surface area (Å²) in [6.07, 6.45) is 0.789. The van der Waals surface area contributed by atoms with Gasteiger partial charge in [-0.25, -0.2) is 4.98 Å². The summed E-state index contributed by atoms with van der Waals surface area (Å²) in [6.45, 7) is 9.23. The fourth-order valence-electron chi connectivity index (χ4n) is 1.43. The van der Waals surface area contributed by atoms with Crippen LogP contribution < -0.4 is 0 Å². The van der Waals surface area contributed by atoms with Crippen LogP contribution in [0.15, 0.2) is 5.38 Å². The van der Waals surface area contributed by atoms with Crippen LogP contribution in [0.2, 0.25) is 0 Å². The Morgan fingerprint density at radius 3 is 2.72 bits per heavy atom. The van der Waals surface area contributed by atoms with Crippen molar-refractivity contribution in [1.29, 1.82) is 0 Å². The van der Waals surface area contributed by atoms with E-state index in [9.17, 15) is 4.79 Å². The van der Waals surface area contributed by atoms with E-state index in [-0.39, 0.29) is 5.97 Å². The highest BCUT2D eigenvalue weighted by molar-refractivity contribution is 7.09. The minimum absolute atomic E-state index is 0.230. The molecule has 0 atom stereocenters. The molecule has 0 unspecified atom stereocenters. The number of nitrogens with zero attached hydrogens (tertiary/aromatic N) is 1. The third-order valence-corrected chi connectivity index (χ3v) is 3.55. The Morgan fingerprint density at radius 2 is 2.11 bits per heavy atom. The summed E-state index contributed by atoms with van der Waals surface area (Å²) in [5, 5.41) is 2.92. The summed E-state index contributed by atoms with van der Waals surface area (Å²) < 4.78 is 10.4. The van der Waals surface area contributed by atoms with Crippen LogP contribution >= 0.6 is 11.3 Å². The van der Waals surface area contributed by atoms with Gasteiger partial charge in [-0.2, -0.15) is 0 Å². The number of hydrogen-bond acceptors (Lipinski definition) is 5. The van der Waals surface area contributed by atoms with E-state index >= 15 is 0 Å².